The quantitative estimate of drug-likeness (QED) is 0.394. The molecule has 0 spiro atoms. The van der Waals surface area contributed by atoms with Gasteiger partial charge in [-0.1, -0.05) is 32.4 Å². The number of aliphatic hydroxyl groups is 1. The van der Waals surface area contributed by atoms with E-state index in [1.165, 1.54) is 6.07 Å². The van der Waals surface area contributed by atoms with Gasteiger partial charge in [-0.05, 0) is 35.2 Å². The Hall–Kier alpha value is -2.82. The van der Waals surface area contributed by atoms with Crippen LogP contribution < -0.4 is 26.8 Å². The van der Waals surface area contributed by atoms with Crippen LogP contribution in [-0.2, 0) is 12.7 Å². The van der Waals surface area contributed by atoms with Crippen LogP contribution in [0.5, 0.6) is 0 Å². The van der Waals surface area contributed by atoms with E-state index in [2.05, 4.69) is 16.0 Å². The first kappa shape index (κ1) is 23.3. The van der Waals surface area contributed by atoms with Gasteiger partial charge in [-0.2, -0.15) is 13.2 Å². The highest BCUT2D eigenvalue weighted by Crippen LogP contribution is 2.41. The fraction of sp³-hybridized carbons (Fsp3) is 0.364. The fourth-order valence-corrected chi connectivity index (χ4v) is 4.07. The summed E-state index contributed by atoms with van der Waals surface area (Å²) in [5.74, 6) is -1.18. The Balaban J connectivity index is 1.69. The zero-order chi connectivity index (χ0) is 24.3. The summed E-state index contributed by atoms with van der Waals surface area (Å²) in [4.78, 5) is 24.7. The molecule has 0 saturated heterocycles. The van der Waals surface area contributed by atoms with Crippen molar-refractivity contribution in [3.8, 4) is 0 Å². The van der Waals surface area contributed by atoms with Gasteiger partial charge in [-0.3, -0.25) is 14.9 Å². The lowest BCUT2D eigenvalue weighted by atomic mass is 9.85. The molecule has 4 rings (SSSR count). The molecule has 1 aliphatic heterocycles. The number of benzene rings is 1. The van der Waals surface area contributed by atoms with Crippen LogP contribution in [0.1, 0.15) is 55.7 Å². The number of nitrogens with one attached hydrogen (secondary N) is 3. The minimum Gasteiger partial charge on any atom is -0.454 e. The molecular weight excluding hydrogens is 463 g/mol. The average molecular weight is 484 g/mol. The number of rotatable bonds is 5. The molecule has 0 aliphatic carbocycles. The Morgan fingerprint density at radius 2 is 1.79 bits per heavy atom. The summed E-state index contributed by atoms with van der Waals surface area (Å²) in [5.41, 5.74) is -0.913. The number of fused-ring (bicyclic) bond motifs is 1. The van der Waals surface area contributed by atoms with Gasteiger partial charge in [-0.15, -0.1) is 0 Å². The maximum Gasteiger partial charge on any atom is 0.449 e. The minimum absolute atomic E-state index is 0.0270. The molecule has 2 heterocycles. The van der Waals surface area contributed by atoms with Gasteiger partial charge in [0.25, 0.3) is 10.9 Å². The summed E-state index contributed by atoms with van der Waals surface area (Å²) in [6.45, 7) is 5.60. The van der Waals surface area contributed by atoms with Crippen LogP contribution in [0.4, 0.5) is 30.2 Å². The van der Waals surface area contributed by atoms with E-state index >= 15 is 0 Å². The Morgan fingerprint density at radius 1 is 1.12 bits per heavy atom. The topological polar surface area (TPSA) is 104 Å². The molecule has 33 heavy (non-hydrogen) atoms. The van der Waals surface area contributed by atoms with E-state index < -0.39 is 40.5 Å². The van der Waals surface area contributed by atoms with Crippen LogP contribution in [0, 0.1) is 5.41 Å². The number of anilines is 3. The molecule has 0 radical (unpaired) electrons. The van der Waals surface area contributed by atoms with Crippen molar-refractivity contribution >= 4 is 28.7 Å². The van der Waals surface area contributed by atoms with Crippen molar-refractivity contribution in [2.75, 3.05) is 10.6 Å². The van der Waals surface area contributed by atoms with Gasteiger partial charge in [0, 0.05) is 22.8 Å². The number of aliphatic hydroxyl groups excluding tert-OH is 1. The monoisotopic (exact) mass is 483 g/mol. The molecule has 4 N–H and O–H groups in total. The second-order valence-electron chi connectivity index (χ2n) is 8.95. The maximum absolute atomic E-state index is 13.0. The molecule has 11 heteroatoms. The van der Waals surface area contributed by atoms with Gasteiger partial charge in [0.15, 0.2) is 0 Å². The number of alkyl halides is 3. The normalized spacial score (nSPS) is 17.3. The summed E-state index contributed by atoms with van der Waals surface area (Å²) in [7, 11) is 0. The van der Waals surface area contributed by atoms with Crippen molar-refractivity contribution < 1.29 is 22.7 Å². The lowest BCUT2D eigenvalue weighted by Crippen LogP contribution is -2.39. The molecule has 3 aromatic rings. The van der Waals surface area contributed by atoms with Gasteiger partial charge in [0.05, 0.1) is 6.04 Å². The van der Waals surface area contributed by atoms with Crippen LogP contribution in [0.2, 0.25) is 5.02 Å². The van der Waals surface area contributed by atoms with Crippen molar-refractivity contribution in [3.63, 3.8) is 0 Å². The largest absolute Gasteiger partial charge is 0.454 e. The van der Waals surface area contributed by atoms with E-state index in [1.54, 1.807) is 32.9 Å². The Bertz CT molecular complexity index is 1290. The number of furan rings is 1. The van der Waals surface area contributed by atoms with Crippen molar-refractivity contribution in [3.05, 3.63) is 72.4 Å². The average Bonchev–Trinajstić information content (AvgIpc) is 3.35. The third kappa shape index (κ3) is 4.14. The smallest absolute Gasteiger partial charge is 0.449 e. The first-order valence-corrected chi connectivity index (χ1v) is 10.4. The van der Waals surface area contributed by atoms with E-state index in [-0.39, 0.29) is 17.1 Å². The summed E-state index contributed by atoms with van der Waals surface area (Å²) < 4.78 is 44.1. The molecule has 0 bridgehead atoms. The number of halogens is 4. The van der Waals surface area contributed by atoms with Gasteiger partial charge < -0.3 is 20.2 Å². The molecule has 0 fully saturated rings. The van der Waals surface area contributed by atoms with Crippen LogP contribution in [0.15, 0.2) is 38.3 Å². The summed E-state index contributed by atoms with van der Waals surface area (Å²) in [6.07, 6.45) is -5.67. The lowest BCUT2D eigenvalue weighted by molar-refractivity contribution is -0.153. The second-order valence-corrected chi connectivity index (χ2v) is 9.35. The first-order chi connectivity index (χ1) is 15.3. The van der Waals surface area contributed by atoms with E-state index in [4.69, 9.17) is 16.0 Å². The predicted octanol–water partition coefficient (Wildman–Crippen LogP) is 4.58. The van der Waals surface area contributed by atoms with E-state index in [1.807, 2.05) is 0 Å². The molecule has 0 amide bonds. The molecule has 176 valence electrons. The second kappa shape index (κ2) is 7.89. The van der Waals surface area contributed by atoms with Crippen LogP contribution in [0.25, 0.3) is 0 Å². The summed E-state index contributed by atoms with van der Waals surface area (Å²) >= 11 is 6.18. The molecule has 2 aromatic carbocycles. The number of hydrogen-bond donors (Lipinski definition) is 4. The Kier molecular flexibility index (Phi) is 5.58. The van der Waals surface area contributed by atoms with Crippen LogP contribution in [0.3, 0.4) is 0 Å². The van der Waals surface area contributed by atoms with E-state index in [9.17, 15) is 27.9 Å². The summed E-state index contributed by atoms with van der Waals surface area (Å²) in [5, 5.41) is 19.3. The molecule has 0 saturated carbocycles. The highest BCUT2D eigenvalue weighted by Gasteiger charge is 2.38. The molecule has 7 nitrogen and oxygen atoms in total. The van der Waals surface area contributed by atoms with Crippen LogP contribution in [-0.4, -0.2) is 5.11 Å². The van der Waals surface area contributed by atoms with E-state index in [0.29, 0.717) is 28.4 Å². The molecule has 1 aromatic heterocycles. The first-order valence-electron chi connectivity index (χ1n) is 10.1. The van der Waals surface area contributed by atoms with Gasteiger partial charge in [0.1, 0.15) is 23.4 Å². The number of hydrogen-bond acceptors (Lipinski definition) is 7. The highest BCUT2D eigenvalue weighted by molar-refractivity contribution is 6.31. The van der Waals surface area contributed by atoms with Gasteiger partial charge in [0.2, 0.25) is 5.76 Å². The van der Waals surface area contributed by atoms with E-state index in [0.717, 1.165) is 6.07 Å². The maximum atomic E-state index is 13.0. The molecular formula is C22H21ClF3N3O4. The van der Waals surface area contributed by atoms with Crippen molar-refractivity contribution in [1.29, 1.82) is 0 Å². The predicted molar refractivity (Wildman–Crippen MR) is 117 cm³/mol. The van der Waals surface area contributed by atoms with Crippen molar-refractivity contribution in [2.45, 2.75) is 45.8 Å². The third-order valence-corrected chi connectivity index (χ3v) is 5.92. The highest BCUT2D eigenvalue weighted by atomic mass is 35.5. The third-order valence-electron chi connectivity index (χ3n) is 5.56. The zero-order valence-electron chi connectivity index (χ0n) is 17.9. The van der Waals surface area contributed by atoms with Gasteiger partial charge in [-0.25, -0.2) is 0 Å². The Morgan fingerprint density at radius 3 is 2.39 bits per heavy atom. The zero-order valence-corrected chi connectivity index (χ0v) is 18.6. The Labute approximate surface area is 191 Å². The molecule has 2 atom stereocenters. The van der Waals surface area contributed by atoms with Crippen molar-refractivity contribution in [2.24, 2.45) is 5.41 Å². The van der Waals surface area contributed by atoms with Crippen LogP contribution >= 0.6 is 11.6 Å². The SMILES string of the molecule is CC(C)(C)[C@@H](Nc1c(Nc2ccc(Cl)c3c2C(O)NC3)c(=O)c1=O)c1ccc(C(F)(F)F)o1. The van der Waals surface area contributed by atoms with Gasteiger partial charge >= 0.3 is 6.18 Å². The van der Waals surface area contributed by atoms with Crippen molar-refractivity contribution in [1.82, 2.24) is 5.32 Å². The lowest BCUT2D eigenvalue weighted by Gasteiger charge is -2.32. The summed E-state index contributed by atoms with van der Waals surface area (Å²) in [6, 6.07) is 4.34. The minimum atomic E-state index is -4.65. The molecule has 1 aliphatic rings. The molecule has 1 unspecified atom stereocenters. The standard InChI is InChI=1S/C22H21ClF3N3O4/c1-21(2,3)19(12-6-7-13(33-12)22(24,25)26)29-16-15(17(30)18(16)31)28-11-5-4-10(23)9-8-27-20(32)14(9)11/h4-7,19-20,27-29,32H,8H2,1-3H3/t19-,20?/m0/s1. The fourth-order valence-electron chi connectivity index (χ4n) is 3.84.